The van der Waals surface area contributed by atoms with E-state index in [2.05, 4.69) is 35.4 Å². The molecule has 23 heavy (non-hydrogen) atoms. The standard InChI is InChI=1S/C16H20Cl2N4O/c1-10(2)22-9-11(6-21-22)16-14(3-4-23-16)20-8-15-13(18)5-12(17)7-19-15/h5-7,9-10,14,16,20H,3-4,8H2,1-2H3/t14-,16+/m0/s1. The van der Waals surface area contributed by atoms with Gasteiger partial charge < -0.3 is 10.1 Å². The molecule has 0 bridgehead atoms. The van der Waals surface area contributed by atoms with Crippen molar-refractivity contribution in [2.75, 3.05) is 6.61 Å². The van der Waals surface area contributed by atoms with Gasteiger partial charge in [-0.3, -0.25) is 9.67 Å². The number of halogens is 2. The maximum atomic E-state index is 6.18. The van der Waals surface area contributed by atoms with Gasteiger partial charge in [0, 0.05) is 43.2 Å². The summed E-state index contributed by atoms with van der Waals surface area (Å²) >= 11 is 12.1. The monoisotopic (exact) mass is 354 g/mol. The van der Waals surface area contributed by atoms with Crippen LogP contribution in [0.3, 0.4) is 0 Å². The lowest BCUT2D eigenvalue weighted by Crippen LogP contribution is -2.31. The van der Waals surface area contributed by atoms with Gasteiger partial charge in [-0.1, -0.05) is 23.2 Å². The van der Waals surface area contributed by atoms with Gasteiger partial charge in [0.05, 0.1) is 21.9 Å². The normalized spacial score (nSPS) is 21.3. The van der Waals surface area contributed by atoms with Crippen LogP contribution in [-0.4, -0.2) is 27.4 Å². The van der Waals surface area contributed by atoms with Crippen LogP contribution < -0.4 is 5.32 Å². The molecule has 0 radical (unpaired) electrons. The summed E-state index contributed by atoms with van der Waals surface area (Å²) in [6, 6.07) is 2.27. The number of nitrogens with one attached hydrogen (secondary N) is 1. The summed E-state index contributed by atoms with van der Waals surface area (Å²) in [7, 11) is 0. The smallest absolute Gasteiger partial charge is 0.101 e. The van der Waals surface area contributed by atoms with Crippen molar-refractivity contribution in [3.05, 3.63) is 46.0 Å². The Morgan fingerprint density at radius 2 is 2.22 bits per heavy atom. The van der Waals surface area contributed by atoms with Crippen LogP contribution in [0.4, 0.5) is 0 Å². The molecule has 1 N–H and O–H groups in total. The van der Waals surface area contributed by atoms with Gasteiger partial charge in [0.25, 0.3) is 0 Å². The molecule has 3 heterocycles. The number of hydrogen-bond donors (Lipinski definition) is 1. The van der Waals surface area contributed by atoms with E-state index in [1.54, 1.807) is 12.3 Å². The van der Waals surface area contributed by atoms with Crippen LogP contribution in [0.15, 0.2) is 24.7 Å². The average molecular weight is 355 g/mol. The van der Waals surface area contributed by atoms with Gasteiger partial charge in [-0.15, -0.1) is 0 Å². The molecule has 1 fully saturated rings. The first-order chi connectivity index (χ1) is 11.0. The predicted octanol–water partition coefficient (Wildman–Crippen LogP) is 3.79. The number of pyridine rings is 1. The average Bonchev–Trinajstić information content (AvgIpc) is 3.15. The molecule has 5 nitrogen and oxygen atoms in total. The van der Waals surface area contributed by atoms with Crippen LogP contribution in [0.25, 0.3) is 0 Å². The second-order valence-electron chi connectivity index (χ2n) is 6.00. The molecule has 2 aromatic rings. The van der Waals surface area contributed by atoms with Crippen LogP contribution >= 0.6 is 23.2 Å². The molecule has 2 atom stereocenters. The fourth-order valence-electron chi connectivity index (χ4n) is 2.71. The van der Waals surface area contributed by atoms with Crippen LogP contribution in [0.1, 0.15) is 43.7 Å². The molecule has 1 saturated heterocycles. The van der Waals surface area contributed by atoms with Crippen LogP contribution in [0.5, 0.6) is 0 Å². The number of rotatable bonds is 5. The summed E-state index contributed by atoms with van der Waals surface area (Å²) in [6.07, 6.45) is 6.51. The van der Waals surface area contributed by atoms with E-state index in [1.807, 2.05) is 10.9 Å². The van der Waals surface area contributed by atoms with Gasteiger partial charge in [0.15, 0.2) is 0 Å². The maximum Gasteiger partial charge on any atom is 0.101 e. The first-order valence-electron chi connectivity index (χ1n) is 7.73. The van der Waals surface area contributed by atoms with E-state index >= 15 is 0 Å². The molecule has 1 aliphatic rings. The molecular weight excluding hydrogens is 335 g/mol. The molecule has 0 aromatic carbocycles. The van der Waals surface area contributed by atoms with Gasteiger partial charge in [-0.2, -0.15) is 5.10 Å². The predicted molar refractivity (Wildman–Crippen MR) is 90.8 cm³/mol. The molecule has 124 valence electrons. The van der Waals surface area contributed by atoms with E-state index < -0.39 is 0 Å². The van der Waals surface area contributed by atoms with Gasteiger partial charge >= 0.3 is 0 Å². The van der Waals surface area contributed by atoms with E-state index in [9.17, 15) is 0 Å². The number of nitrogens with zero attached hydrogens (tertiary/aromatic N) is 3. The lowest BCUT2D eigenvalue weighted by molar-refractivity contribution is 0.0983. The Morgan fingerprint density at radius 1 is 1.39 bits per heavy atom. The molecule has 7 heteroatoms. The van der Waals surface area contributed by atoms with E-state index in [1.165, 1.54) is 0 Å². The highest BCUT2D eigenvalue weighted by Crippen LogP contribution is 2.30. The van der Waals surface area contributed by atoms with Crippen LogP contribution in [0, 0.1) is 0 Å². The topological polar surface area (TPSA) is 52.0 Å². The molecule has 0 spiro atoms. The summed E-state index contributed by atoms with van der Waals surface area (Å²) in [5, 5.41) is 9.01. The number of hydrogen-bond acceptors (Lipinski definition) is 4. The third-order valence-electron chi connectivity index (χ3n) is 3.99. The summed E-state index contributed by atoms with van der Waals surface area (Å²) in [6.45, 7) is 5.53. The minimum atomic E-state index is 0.00794. The highest BCUT2D eigenvalue weighted by Gasteiger charge is 2.30. The Hall–Kier alpha value is -1.14. The zero-order valence-corrected chi connectivity index (χ0v) is 14.7. The van der Waals surface area contributed by atoms with Gasteiger partial charge in [-0.25, -0.2) is 0 Å². The summed E-state index contributed by atoms with van der Waals surface area (Å²) in [4.78, 5) is 4.28. The van der Waals surface area contributed by atoms with E-state index in [0.29, 0.717) is 22.6 Å². The van der Waals surface area contributed by atoms with Crippen molar-refractivity contribution in [1.82, 2.24) is 20.1 Å². The fraction of sp³-hybridized carbons (Fsp3) is 0.500. The molecule has 1 aliphatic heterocycles. The van der Waals surface area contributed by atoms with Crippen molar-refractivity contribution >= 4 is 23.2 Å². The molecule has 3 rings (SSSR count). The van der Waals surface area contributed by atoms with Gasteiger partial charge in [0.2, 0.25) is 0 Å². The molecule has 0 unspecified atom stereocenters. The first kappa shape index (κ1) is 16.7. The lowest BCUT2D eigenvalue weighted by atomic mass is 10.1. The Bertz CT molecular complexity index is 674. The summed E-state index contributed by atoms with van der Waals surface area (Å²) in [5.74, 6) is 0. The lowest BCUT2D eigenvalue weighted by Gasteiger charge is -2.19. The van der Waals surface area contributed by atoms with Crippen molar-refractivity contribution in [1.29, 1.82) is 0 Å². The highest BCUT2D eigenvalue weighted by molar-refractivity contribution is 6.34. The van der Waals surface area contributed by atoms with Crippen molar-refractivity contribution in [3.8, 4) is 0 Å². The Morgan fingerprint density at radius 3 is 2.91 bits per heavy atom. The molecule has 0 amide bonds. The quantitative estimate of drug-likeness (QED) is 0.887. The second kappa shape index (κ2) is 7.18. The first-order valence-corrected chi connectivity index (χ1v) is 8.49. The van der Waals surface area contributed by atoms with Crippen LogP contribution in [-0.2, 0) is 11.3 Å². The van der Waals surface area contributed by atoms with Gasteiger partial charge in [-0.05, 0) is 26.3 Å². The zero-order chi connectivity index (χ0) is 16.4. The number of ether oxygens (including phenoxy) is 1. The van der Waals surface area contributed by atoms with E-state index in [-0.39, 0.29) is 12.1 Å². The van der Waals surface area contributed by atoms with E-state index in [4.69, 9.17) is 27.9 Å². The van der Waals surface area contributed by atoms with Crippen molar-refractivity contribution in [3.63, 3.8) is 0 Å². The second-order valence-corrected chi connectivity index (χ2v) is 6.84. The molecular formula is C16H20Cl2N4O. The zero-order valence-electron chi connectivity index (χ0n) is 13.2. The van der Waals surface area contributed by atoms with Gasteiger partial charge in [0.1, 0.15) is 6.10 Å². The van der Waals surface area contributed by atoms with Crippen molar-refractivity contribution in [2.24, 2.45) is 0 Å². The molecule has 0 saturated carbocycles. The Kier molecular flexibility index (Phi) is 5.21. The summed E-state index contributed by atoms with van der Waals surface area (Å²) < 4.78 is 7.84. The van der Waals surface area contributed by atoms with E-state index in [0.717, 1.165) is 24.3 Å². The largest absolute Gasteiger partial charge is 0.372 e. The third kappa shape index (κ3) is 3.86. The van der Waals surface area contributed by atoms with Crippen molar-refractivity contribution < 1.29 is 4.74 Å². The fourth-order valence-corrected chi connectivity index (χ4v) is 3.16. The van der Waals surface area contributed by atoms with Crippen molar-refractivity contribution in [2.45, 2.75) is 45.0 Å². The Balaban J connectivity index is 1.66. The van der Waals surface area contributed by atoms with Crippen LogP contribution in [0.2, 0.25) is 10.0 Å². The third-order valence-corrected chi connectivity index (χ3v) is 4.52. The number of aromatic nitrogens is 3. The summed E-state index contributed by atoms with van der Waals surface area (Å²) in [5.41, 5.74) is 1.89. The Labute approximate surface area is 145 Å². The SMILES string of the molecule is CC(C)n1cc([C@H]2OCC[C@@H]2NCc2ncc(Cl)cc2Cl)cn1. The minimum absolute atomic E-state index is 0.00794. The maximum absolute atomic E-state index is 6.18. The molecule has 0 aliphatic carbocycles. The highest BCUT2D eigenvalue weighted by atomic mass is 35.5. The molecule has 2 aromatic heterocycles. The minimum Gasteiger partial charge on any atom is -0.372 e.